The van der Waals surface area contributed by atoms with E-state index in [1.54, 1.807) is 0 Å². The Labute approximate surface area is 86.6 Å². The molecule has 2 heterocycles. The molecule has 1 aliphatic heterocycles. The number of hydrogen-bond donors (Lipinski definition) is 1. The van der Waals surface area contributed by atoms with E-state index >= 15 is 0 Å². The van der Waals surface area contributed by atoms with Gasteiger partial charge in [0.1, 0.15) is 4.60 Å². The summed E-state index contributed by atoms with van der Waals surface area (Å²) in [6.07, 6.45) is 5.76. The van der Waals surface area contributed by atoms with E-state index in [-0.39, 0.29) is 0 Å². The summed E-state index contributed by atoms with van der Waals surface area (Å²) in [6.45, 7) is 2.14. The molecule has 1 atom stereocenters. The molecule has 0 amide bonds. The first kappa shape index (κ1) is 9.21. The van der Waals surface area contributed by atoms with Crippen LogP contribution in [-0.4, -0.2) is 22.4 Å². The van der Waals surface area contributed by atoms with E-state index in [0.29, 0.717) is 6.04 Å². The van der Waals surface area contributed by atoms with Crippen molar-refractivity contribution < 1.29 is 0 Å². The van der Waals surface area contributed by atoms with Gasteiger partial charge in [0.25, 0.3) is 0 Å². The van der Waals surface area contributed by atoms with Crippen molar-refractivity contribution in [3.05, 3.63) is 16.9 Å². The van der Waals surface area contributed by atoms with Crippen LogP contribution in [0.4, 0.5) is 0 Å². The summed E-state index contributed by atoms with van der Waals surface area (Å²) in [4.78, 5) is 0. The van der Waals surface area contributed by atoms with Crippen LogP contribution in [0.1, 0.15) is 19.3 Å². The monoisotopic (exact) mass is 243 g/mol. The van der Waals surface area contributed by atoms with Gasteiger partial charge in [-0.25, -0.2) is 0 Å². The minimum Gasteiger partial charge on any atom is -0.312 e. The molecule has 13 heavy (non-hydrogen) atoms. The number of piperidine rings is 1. The molecule has 3 nitrogen and oxygen atoms in total. The molecule has 2 rings (SSSR count). The minimum absolute atomic E-state index is 0.602. The fraction of sp³-hybridized carbons (Fsp3) is 0.667. The van der Waals surface area contributed by atoms with E-state index in [9.17, 15) is 0 Å². The van der Waals surface area contributed by atoms with Gasteiger partial charge in [0.15, 0.2) is 0 Å². The van der Waals surface area contributed by atoms with Crippen LogP contribution in [0.25, 0.3) is 0 Å². The fourth-order valence-corrected chi connectivity index (χ4v) is 2.09. The van der Waals surface area contributed by atoms with Crippen molar-refractivity contribution >= 4 is 15.9 Å². The van der Waals surface area contributed by atoms with E-state index in [0.717, 1.165) is 17.7 Å². The highest BCUT2D eigenvalue weighted by molar-refractivity contribution is 9.10. The van der Waals surface area contributed by atoms with E-state index in [1.165, 1.54) is 19.3 Å². The zero-order chi connectivity index (χ0) is 9.10. The predicted molar refractivity (Wildman–Crippen MR) is 55.6 cm³/mol. The number of rotatable bonds is 2. The summed E-state index contributed by atoms with van der Waals surface area (Å²) in [5.41, 5.74) is 0. The van der Waals surface area contributed by atoms with Crippen molar-refractivity contribution in [3.63, 3.8) is 0 Å². The topological polar surface area (TPSA) is 29.9 Å². The number of nitrogens with one attached hydrogen (secondary N) is 1. The highest BCUT2D eigenvalue weighted by Gasteiger charge is 2.13. The highest BCUT2D eigenvalue weighted by atomic mass is 79.9. The molecule has 1 fully saturated rings. The van der Waals surface area contributed by atoms with Gasteiger partial charge in [0, 0.05) is 6.04 Å². The lowest BCUT2D eigenvalue weighted by Gasteiger charge is -2.23. The lowest BCUT2D eigenvalue weighted by Crippen LogP contribution is -2.37. The number of hydrogen-bond acceptors (Lipinski definition) is 2. The van der Waals surface area contributed by atoms with Crippen LogP contribution in [0, 0.1) is 0 Å². The number of halogens is 1. The lowest BCUT2D eigenvalue weighted by atomic mass is 10.1. The molecule has 1 aliphatic rings. The maximum atomic E-state index is 4.24. The third kappa shape index (κ3) is 2.31. The van der Waals surface area contributed by atoms with E-state index < -0.39 is 0 Å². The van der Waals surface area contributed by atoms with Gasteiger partial charge in [0.05, 0.1) is 12.7 Å². The average molecular weight is 244 g/mol. The zero-order valence-electron chi connectivity index (χ0n) is 7.54. The SMILES string of the molecule is Brc1ccnn1CC1CCCCN1. The minimum atomic E-state index is 0.602. The fourth-order valence-electron chi connectivity index (χ4n) is 1.74. The van der Waals surface area contributed by atoms with Gasteiger partial charge in [-0.1, -0.05) is 6.42 Å². The quantitative estimate of drug-likeness (QED) is 0.859. The second kappa shape index (κ2) is 4.24. The van der Waals surface area contributed by atoms with Crippen LogP contribution in [0.5, 0.6) is 0 Å². The Kier molecular flexibility index (Phi) is 3.01. The van der Waals surface area contributed by atoms with Gasteiger partial charge in [-0.15, -0.1) is 0 Å². The second-order valence-corrected chi connectivity index (χ2v) is 4.30. The first-order chi connectivity index (χ1) is 6.36. The molecule has 72 valence electrons. The van der Waals surface area contributed by atoms with Gasteiger partial charge in [-0.3, -0.25) is 4.68 Å². The molecule has 0 radical (unpaired) electrons. The first-order valence-electron chi connectivity index (χ1n) is 4.77. The van der Waals surface area contributed by atoms with Crippen LogP contribution in [-0.2, 0) is 6.54 Å². The van der Waals surface area contributed by atoms with E-state index in [1.807, 2.05) is 16.9 Å². The molecule has 4 heteroatoms. The molecule has 1 N–H and O–H groups in total. The van der Waals surface area contributed by atoms with Gasteiger partial charge in [0.2, 0.25) is 0 Å². The highest BCUT2D eigenvalue weighted by Crippen LogP contribution is 2.12. The Balaban J connectivity index is 1.93. The third-order valence-electron chi connectivity index (χ3n) is 2.47. The van der Waals surface area contributed by atoms with Crippen LogP contribution in [0.3, 0.4) is 0 Å². The normalized spacial score (nSPS) is 23.3. The molecular formula is C9H14BrN3. The van der Waals surface area contributed by atoms with Crippen molar-refractivity contribution in [2.75, 3.05) is 6.54 Å². The number of nitrogens with zero attached hydrogens (tertiary/aromatic N) is 2. The predicted octanol–water partition coefficient (Wildman–Crippen LogP) is 1.79. The van der Waals surface area contributed by atoms with Crippen molar-refractivity contribution in [1.82, 2.24) is 15.1 Å². The molecule has 1 aromatic rings. The molecule has 1 unspecified atom stereocenters. The van der Waals surface area contributed by atoms with Gasteiger partial charge in [-0.05, 0) is 41.4 Å². The van der Waals surface area contributed by atoms with E-state index in [4.69, 9.17) is 0 Å². The van der Waals surface area contributed by atoms with Crippen LogP contribution in [0.2, 0.25) is 0 Å². The largest absolute Gasteiger partial charge is 0.312 e. The van der Waals surface area contributed by atoms with Crippen LogP contribution >= 0.6 is 15.9 Å². The molecule has 0 saturated carbocycles. The smallest absolute Gasteiger partial charge is 0.104 e. The number of aromatic nitrogens is 2. The second-order valence-electron chi connectivity index (χ2n) is 3.48. The van der Waals surface area contributed by atoms with Crippen molar-refractivity contribution in [2.24, 2.45) is 0 Å². The van der Waals surface area contributed by atoms with Crippen molar-refractivity contribution in [2.45, 2.75) is 31.8 Å². The van der Waals surface area contributed by atoms with Gasteiger partial charge >= 0.3 is 0 Å². The standard InChI is InChI=1S/C9H14BrN3/c10-9-4-6-12-13(9)7-8-3-1-2-5-11-8/h4,6,8,11H,1-3,5,7H2. The van der Waals surface area contributed by atoms with Crippen molar-refractivity contribution in [1.29, 1.82) is 0 Å². The van der Waals surface area contributed by atoms with Crippen molar-refractivity contribution in [3.8, 4) is 0 Å². The summed E-state index contributed by atoms with van der Waals surface area (Å²) in [5, 5.41) is 7.74. The molecular weight excluding hydrogens is 230 g/mol. The Bertz CT molecular complexity index is 266. The zero-order valence-corrected chi connectivity index (χ0v) is 9.13. The molecule has 1 saturated heterocycles. The third-order valence-corrected chi connectivity index (χ3v) is 3.14. The Morgan fingerprint density at radius 3 is 3.15 bits per heavy atom. The van der Waals surface area contributed by atoms with Crippen LogP contribution in [0.15, 0.2) is 16.9 Å². The molecule has 0 aliphatic carbocycles. The van der Waals surface area contributed by atoms with Crippen LogP contribution < -0.4 is 5.32 Å². The summed E-state index contributed by atoms with van der Waals surface area (Å²) >= 11 is 3.47. The van der Waals surface area contributed by atoms with E-state index in [2.05, 4.69) is 26.3 Å². The maximum Gasteiger partial charge on any atom is 0.104 e. The molecule has 0 spiro atoms. The average Bonchev–Trinajstić information content (AvgIpc) is 2.54. The Hall–Kier alpha value is -0.350. The summed E-state index contributed by atoms with van der Waals surface area (Å²) in [6, 6.07) is 2.58. The first-order valence-corrected chi connectivity index (χ1v) is 5.56. The van der Waals surface area contributed by atoms with Gasteiger partial charge in [-0.2, -0.15) is 5.10 Å². The summed E-state index contributed by atoms with van der Waals surface area (Å²) in [7, 11) is 0. The maximum absolute atomic E-state index is 4.24. The lowest BCUT2D eigenvalue weighted by molar-refractivity contribution is 0.349. The Morgan fingerprint density at radius 1 is 1.62 bits per heavy atom. The molecule has 0 bridgehead atoms. The summed E-state index contributed by atoms with van der Waals surface area (Å²) < 4.78 is 3.07. The summed E-state index contributed by atoms with van der Waals surface area (Å²) in [5.74, 6) is 0. The van der Waals surface area contributed by atoms with Gasteiger partial charge < -0.3 is 5.32 Å². The Morgan fingerprint density at radius 2 is 2.54 bits per heavy atom. The molecule has 1 aromatic heterocycles. The molecule has 0 aromatic carbocycles.